The molecule has 21 aromatic carbocycles. The molecule has 0 amide bonds. The van der Waals surface area contributed by atoms with E-state index in [1.165, 1.54) is 149 Å². The summed E-state index contributed by atoms with van der Waals surface area (Å²) in [6.45, 7) is 14.0. The molecule has 144 heavy (non-hydrogen) atoms. The summed E-state index contributed by atoms with van der Waals surface area (Å²) >= 11 is 1.92. The molecule has 4 heterocycles. The monoisotopic (exact) mass is 1850 g/mol. The van der Waals surface area contributed by atoms with Crippen LogP contribution in [0.15, 0.2) is 507 Å². The van der Waals surface area contributed by atoms with E-state index in [-0.39, 0.29) is 17.5 Å². The Labute approximate surface area is 847 Å². The lowest BCUT2D eigenvalue weighted by molar-refractivity contribution is 0.590. The van der Waals surface area contributed by atoms with Gasteiger partial charge in [0.15, 0.2) is 0 Å². The maximum Gasteiger partial charge on any atom is 0.252 e. The fourth-order valence-corrected chi connectivity index (χ4v) is 29.2. The molecule has 0 radical (unpaired) electrons. The normalized spacial score (nSPS) is 15.3. The zero-order chi connectivity index (χ0) is 95.9. The second-order valence-corrected chi connectivity index (χ2v) is 43.7. The molecule has 0 fully saturated rings. The van der Waals surface area contributed by atoms with Crippen molar-refractivity contribution in [3.63, 3.8) is 0 Å². The van der Waals surface area contributed by atoms with Gasteiger partial charge in [-0.15, -0.1) is 0 Å². The van der Waals surface area contributed by atoms with E-state index < -0.39 is 27.1 Å². The average Bonchev–Trinajstić information content (AvgIpc) is 1.24. The van der Waals surface area contributed by atoms with Gasteiger partial charge in [-0.3, -0.25) is 0 Å². The molecule has 3 nitrogen and oxygen atoms in total. The Hall–Kier alpha value is -16.6. The van der Waals surface area contributed by atoms with Gasteiger partial charge in [-0.2, -0.15) is 0 Å². The van der Waals surface area contributed by atoms with Gasteiger partial charge in [-0.25, -0.2) is 0 Å². The van der Waals surface area contributed by atoms with E-state index in [1.54, 1.807) is 0 Å². The van der Waals surface area contributed by atoms with E-state index in [9.17, 15) is 0 Å². The first-order chi connectivity index (χ1) is 70.7. The number of hydrogen-bond acceptors (Lipinski definition) is 4. The Balaban J connectivity index is 0.921. The van der Waals surface area contributed by atoms with E-state index >= 15 is 0 Å². The SMILES string of the molecule is CC(C)(C)c1ccc2c(c1)B1c3cc(C(C)(C)C)ccc3N(c3ccccc3)c3cc(N4c5c(C6(c7ccccc7)c7ccccc7-c7ccccc76)cc(C6(c7ccccc7)c7ccccc7-c7ccccc76)cc5C5(c6ccccc6Sc6ccccc65)c5cc(C6(c7ccccc7)c7ccccc7-c7ccccc76)cc(C6(c7ccccc7)c7ccccc7-c7ccccc76)c54)cc(c31)N2c1ccccc1. The maximum atomic E-state index is 2.98. The van der Waals surface area contributed by atoms with E-state index in [2.05, 4.69) is 554 Å². The summed E-state index contributed by atoms with van der Waals surface area (Å²) in [5, 5.41) is 0. The van der Waals surface area contributed by atoms with Crippen LogP contribution >= 0.6 is 11.8 Å². The van der Waals surface area contributed by atoms with Gasteiger partial charge >= 0.3 is 0 Å². The number of rotatable bonds is 11. The molecule has 21 aromatic rings. The largest absolute Gasteiger partial charge is 0.311 e. The van der Waals surface area contributed by atoms with Crippen LogP contribution in [0.5, 0.6) is 0 Å². The van der Waals surface area contributed by atoms with E-state index in [4.69, 9.17) is 0 Å². The fraction of sp³-hybridized carbons (Fsp3) is 0.0935. The Morgan fingerprint density at radius 1 is 0.188 bits per heavy atom. The van der Waals surface area contributed by atoms with Crippen molar-refractivity contribution < 1.29 is 0 Å². The molecule has 0 atom stereocenters. The fourth-order valence-electron chi connectivity index (χ4n) is 28.0. The van der Waals surface area contributed by atoms with Crippen LogP contribution in [-0.2, 0) is 37.9 Å². The highest BCUT2D eigenvalue weighted by atomic mass is 32.2. The van der Waals surface area contributed by atoms with Gasteiger partial charge in [0.05, 0.1) is 44.1 Å². The average molecular weight is 1860 g/mol. The van der Waals surface area contributed by atoms with Crippen molar-refractivity contribution in [2.24, 2.45) is 0 Å². The third-order valence-electron chi connectivity index (χ3n) is 33.7. The molecule has 0 aromatic heterocycles. The third-order valence-corrected chi connectivity index (χ3v) is 34.8. The maximum absolute atomic E-state index is 2.98. The van der Waals surface area contributed by atoms with Crippen molar-refractivity contribution >= 4 is 86.0 Å². The second kappa shape index (κ2) is 31.2. The zero-order valence-corrected chi connectivity index (χ0v) is 82.0. The lowest BCUT2D eigenvalue weighted by atomic mass is 9.33. The molecule has 0 unspecified atom stereocenters. The highest BCUT2D eigenvalue weighted by Gasteiger charge is 2.62. The van der Waals surface area contributed by atoms with E-state index in [0.29, 0.717) is 0 Å². The van der Waals surface area contributed by atoms with Crippen LogP contribution in [0.1, 0.15) is 164 Å². The molecular weight excluding hydrogens is 1750 g/mol. The first-order valence-corrected chi connectivity index (χ1v) is 51.8. The minimum absolute atomic E-state index is 0.203. The predicted octanol–water partition coefficient (Wildman–Crippen LogP) is 32.4. The number of para-hydroxylation sites is 2. The summed E-state index contributed by atoms with van der Waals surface area (Å²) in [6, 6.07) is 197. The molecule has 0 N–H and O–H groups in total. The lowest BCUT2D eigenvalue weighted by Gasteiger charge is -2.54. The Bertz CT molecular complexity index is 8230. The van der Waals surface area contributed by atoms with Gasteiger partial charge in [0.25, 0.3) is 6.71 Å². The molecule has 4 aliphatic heterocycles. The van der Waals surface area contributed by atoms with Crippen LogP contribution in [0, 0.1) is 0 Å². The van der Waals surface area contributed by atoms with Crippen LogP contribution in [0.2, 0.25) is 0 Å². The first kappa shape index (κ1) is 84.3. The van der Waals surface area contributed by atoms with E-state index in [1.807, 2.05) is 11.8 Å². The Morgan fingerprint density at radius 2 is 0.431 bits per heavy atom. The quantitative estimate of drug-likeness (QED) is 0.119. The van der Waals surface area contributed by atoms with Crippen molar-refractivity contribution in [2.75, 3.05) is 14.7 Å². The molecule has 1 spiro atoms. The summed E-state index contributed by atoms with van der Waals surface area (Å²) < 4.78 is 0. The van der Waals surface area contributed by atoms with Crippen LogP contribution in [0.4, 0.5) is 51.2 Å². The van der Waals surface area contributed by atoms with Crippen molar-refractivity contribution in [1.82, 2.24) is 0 Å². The van der Waals surface area contributed by atoms with Crippen molar-refractivity contribution in [3.8, 4) is 44.5 Å². The molecule has 0 saturated carbocycles. The van der Waals surface area contributed by atoms with Crippen LogP contribution in [0.3, 0.4) is 0 Å². The highest BCUT2D eigenvalue weighted by molar-refractivity contribution is 7.99. The highest BCUT2D eigenvalue weighted by Crippen LogP contribution is 2.74. The Kier molecular flexibility index (Phi) is 18.3. The molecule has 0 saturated heterocycles. The van der Waals surface area contributed by atoms with Gasteiger partial charge < -0.3 is 14.7 Å². The molecular formula is C139H100BN3S. The van der Waals surface area contributed by atoms with Gasteiger partial charge in [0.2, 0.25) is 0 Å². The van der Waals surface area contributed by atoms with Gasteiger partial charge in [-0.1, -0.05) is 490 Å². The van der Waals surface area contributed by atoms with Crippen LogP contribution < -0.4 is 31.1 Å². The molecule has 5 heteroatoms. The number of benzene rings is 21. The van der Waals surface area contributed by atoms with Gasteiger partial charge in [0.1, 0.15) is 0 Å². The Morgan fingerprint density at radius 3 is 0.722 bits per heavy atom. The van der Waals surface area contributed by atoms with Crippen molar-refractivity contribution in [3.05, 3.63) is 620 Å². The summed E-state index contributed by atoms with van der Waals surface area (Å²) in [5.74, 6) is 0. The first-order valence-electron chi connectivity index (χ1n) is 51.0. The van der Waals surface area contributed by atoms with Crippen LogP contribution in [0.25, 0.3) is 44.5 Å². The number of nitrogens with zero attached hydrogens (tertiary/aromatic N) is 3. The predicted molar refractivity (Wildman–Crippen MR) is 598 cm³/mol. The second-order valence-electron chi connectivity index (χ2n) is 42.6. The number of fused-ring (bicyclic) bond motifs is 24. The summed E-state index contributed by atoms with van der Waals surface area (Å²) in [6.07, 6.45) is 0. The van der Waals surface area contributed by atoms with Crippen LogP contribution in [-0.4, -0.2) is 6.71 Å². The topological polar surface area (TPSA) is 9.72 Å². The van der Waals surface area contributed by atoms with Gasteiger partial charge in [0, 0.05) is 43.9 Å². The van der Waals surface area contributed by atoms with Crippen molar-refractivity contribution in [2.45, 2.75) is 89.2 Å². The zero-order valence-electron chi connectivity index (χ0n) is 81.2. The molecule has 29 rings (SSSR count). The van der Waals surface area contributed by atoms with Crippen molar-refractivity contribution in [1.29, 1.82) is 0 Å². The molecule has 4 aliphatic carbocycles. The number of anilines is 9. The summed E-state index contributed by atoms with van der Waals surface area (Å²) in [7, 11) is 0. The van der Waals surface area contributed by atoms with E-state index in [0.717, 1.165) is 95.7 Å². The standard InChI is InChI=1S/C139H100BN3S/c1-133(2,3)93-77-79-124-122(85-93)140-123-86-94(134(4,5)6)78-80-125(123)142(98-55-23-12-24-56-98)127-88-99(87-126(130(127)140)141(124)97-53-21-11-22-54-97)143-131-118(137(91-49-17-9-18-50-91)112-69-37-29-61-104(112)105-62-30-38-70-113(105)137)81-95(135(89-45-13-7-14-46-89)108-65-33-25-57-100(108)101-58-26-34-66-109(101)135)83-120(131)139(116-73-41-43-75-128(116)144-129-76-44-42-74-117(129)139)121-84-96(136(90-47-15-8-16-48-90)110-67-35-27-59-102(110)103-60-28-36-68-111(103)136)82-119(132(121)143)138(92-51-19-10-20-52-92)114-71-39-31-63-106(114)107-64-32-40-72-115(107)138/h7-88H,1-6H3. The van der Waals surface area contributed by atoms with Gasteiger partial charge in [-0.05, 0) is 255 Å². The third kappa shape index (κ3) is 11.3. The lowest BCUT2D eigenvalue weighted by Crippen LogP contribution is -2.61. The number of hydrogen-bond donors (Lipinski definition) is 0. The molecule has 0 bridgehead atoms. The minimum Gasteiger partial charge on any atom is -0.311 e. The molecule has 8 aliphatic rings. The minimum atomic E-state index is -1.29. The summed E-state index contributed by atoms with van der Waals surface area (Å²) in [5.41, 5.74) is 43.7. The smallest absolute Gasteiger partial charge is 0.252 e. The molecule has 680 valence electrons. The summed E-state index contributed by atoms with van der Waals surface area (Å²) in [4.78, 5) is 10.7.